The van der Waals surface area contributed by atoms with E-state index in [1.807, 2.05) is 36.5 Å². The summed E-state index contributed by atoms with van der Waals surface area (Å²) in [5.74, 6) is -0.701. The van der Waals surface area contributed by atoms with E-state index in [9.17, 15) is 9.59 Å². The highest BCUT2D eigenvalue weighted by Gasteiger charge is 2.41. The number of aliphatic hydroxyl groups is 1. The average molecular weight is 450 g/mol. The van der Waals surface area contributed by atoms with Gasteiger partial charge in [-0.1, -0.05) is 54.3 Å². The minimum atomic E-state index is -0.785. The third kappa shape index (κ3) is 5.60. The minimum absolute atomic E-state index is 0.148. The van der Waals surface area contributed by atoms with Crippen LogP contribution in [0.5, 0.6) is 0 Å². The molecule has 1 amide bonds. The van der Waals surface area contributed by atoms with Crippen molar-refractivity contribution in [1.29, 1.82) is 0 Å². The van der Waals surface area contributed by atoms with Gasteiger partial charge >= 0.3 is 5.97 Å². The van der Waals surface area contributed by atoms with E-state index in [1.165, 1.54) is 16.7 Å². The molecule has 0 saturated carbocycles. The van der Waals surface area contributed by atoms with Gasteiger partial charge in [0.2, 0.25) is 0 Å². The zero-order valence-corrected chi connectivity index (χ0v) is 18.7. The van der Waals surface area contributed by atoms with Gasteiger partial charge in [0.15, 0.2) is 0 Å². The fourth-order valence-electron chi connectivity index (χ4n) is 3.52. The molecule has 1 atom stereocenters. The van der Waals surface area contributed by atoms with Crippen molar-refractivity contribution in [1.82, 2.24) is 14.7 Å². The number of hydrogen-bond donors (Lipinski definition) is 1. The molecule has 30 heavy (non-hydrogen) atoms. The van der Waals surface area contributed by atoms with Crippen molar-refractivity contribution in [2.45, 2.75) is 19.4 Å². The van der Waals surface area contributed by atoms with Crippen LogP contribution in [0.2, 0.25) is 0 Å². The molecule has 9 heteroatoms. The van der Waals surface area contributed by atoms with E-state index in [0.717, 1.165) is 31.7 Å². The van der Waals surface area contributed by atoms with Crippen molar-refractivity contribution < 1.29 is 19.4 Å². The standard InChI is InChI=1S/C21H27N3O4S2/c1-2-28-20(27)17(14-16-6-4-3-5-7-16)24-19(26)18(30-21(24)29)15-23-10-8-22(9-11-23)12-13-25/h3-7,15,17,25H,2,8-14H2,1H3/b18-15-. The number of carbonyl (C=O) groups is 2. The number of β-amino-alcohol motifs (C(OH)–C–C–N with tert-alkyl or cyclic N) is 1. The second-order valence-corrected chi connectivity index (χ2v) is 8.77. The first kappa shape index (κ1) is 22.7. The Morgan fingerprint density at radius 3 is 2.60 bits per heavy atom. The first-order valence-corrected chi connectivity index (χ1v) is 11.3. The van der Waals surface area contributed by atoms with Gasteiger partial charge in [-0.15, -0.1) is 0 Å². The Labute approximate surface area is 186 Å². The molecule has 2 heterocycles. The molecule has 1 aromatic rings. The summed E-state index contributed by atoms with van der Waals surface area (Å²) < 4.78 is 5.62. The van der Waals surface area contributed by atoms with E-state index in [-0.39, 0.29) is 19.1 Å². The number of carbonyl (C=O) groups excluding carboxylic acids is 2. The van der Waals surface area contributed by atoms with Crippen LogP contribution in [-0.2, 0) is 20.7 Å². The number of thiocarbonyl (C=S) groups is 1. The summed E-state index contributed by atoms with van der Waals surface area (Å²) in [5, 5.41) is 9.08. The van der Waals surface area contributed by atoms with Gasteiger partial charge in [0.1, 0.15) is 10.4 Å². The number of nitrogens with zero attached hydrogens (tertiary/aromatic N) is 3. The smallest absolute Gasteiger partial charge is 0.329 e. The first-order valence-electron chi connectivity index (χ1n) is 10.1. The third-order valence-corrected chi connectivity index (χ3v) is 6.41. The summed E-state index contributed by atoms with van der Waals surface area (Å²) in [6, 6.07) is 8.77. The van der Waals surface area contributed by atoms with Crippen LogP contribution in [-0.4, -0.2) is 88.0 Å². The van der Waals surface area contributed by atoms with E-state index in [1.54, 1.807) is 6.92 Å². The molecule has 0 bridgehead atoms. The molecule has 2 aliphatic heterocycles. The Morgan fingerprint density at radius 1 is 1.27 bits per heavy atom. The lowest BCUT2D eigenvalue weighted by Gasteiger charge is -2.33. The van der Waals surface area contributed by atoms with Gasteiger partial charge in [-0.2, -0.15) is 0 Å². The third-order valence-electron chi connectivity index (χ3n) is 5.09. The molecule has 3 rings (SSSR count). The number of benzene rings is 1. The molecule has 162 valence electrons. The summed E-state index contributed by atoms with van der Waals surface area (Å²) in [5.41, 5.74) is 0.939. The van der Waals surface area contributed by atoms with Gasteiger partial charge in [-0.25, -0.2) is 4.79 Å². The number of hydrogen-bond acceptors (Lipinski definition) is 8. The number of esters is 1. The second-order valence-electron chi connectivity index (χ2n) is 7.10. The van der Waals surface area contributed by atoms with Gasteiger partial charge in [0, 0.05) is 45.3 Å². The van der Waals surface area contributed by atoms with Crippen molar-refractivity contribution in [3.05, 3.63) is 47.0 Å². The summed E-state index contributed by atoms with van der Waals surface area (Å²) in [7, 11) is 0. The van der Waals surface area contributed by atoms with Crippen LogP contribution in [0.4, 0.5) is 0 Å². The summed E-state index contributed by atoms with van der Waals surface area (Å²) in [6.07, 6.45) is 2.19. The van der Waals surface area contributed by atoms with E-state index >= 15 is 0 Å². The highest BCUT2D eigenvalue weighted by atomic mass is 32.2. The fraction of sp³-hybridized carbons (Fsp3) is 0.476. The molecule has 1 aromatic carbocycles. The van der Waals surface area contributed by atoms with Crippen molar-refractivity contribution >= 4 is 40.2 Å². The van der Waals surface area contributed by atoms with E-state index in [0.29, 0.717) is 22.2 Å². The van der Waals surface area contributed by atoms with Gasteiger partial charge < -0.3 is 14.7 Å². The molecule has 0 spiro atoms. The second kappa shape index (κ2) is 10.9. The van der Waals surface area contributed by atoms with Crippen LogP contribution < -0.4 is 0 Å². The predicted molar refractivity (Wildman–Crippen MR) is 121 cm³/mol. The SMILES string of the molecule is CCOC(=O)C(Cc1ccccc1)N1C(=O)/C(=C/N2CCN(CCO)CC2)SC1=S. The number of rotatable bonds is 8. The van der Waals surface area contributed by atoms with Crippen LogP contribution in [0.15, 0.2) is 41.4 Å². The maximum atomic E-state index is 13.2. The zero-order chi connectivity index (χ0) is 21.5. The maximum Gasteiger partial charge on any atom is 0.329 e. The van der Waals surface area contributed by atoms with Gasteiger partial charge in [0.05, 0.1) is 18.1 Å². The highest BCUT2D eigenvalue weighted by molar-refractivity contribution is 8.26. The molecule has 0 radical (unpaired) electrons. The normalized spacial score (nSPS) is 20.1. The Morgan fingerprint density at radius 2 is 1.97 bits per heavy atom. The highest BCUT2D eigenvalue weighted by Crippen LogP contribution is 2.34. The first-order chi connectivity index (χ1) is 14.5. The number of thioether (sulfide) groups is 1. The van der Waals surface area contributed by atoms with Gasteiger partial charge in [0.25, 0.3) is 5.91 Å². The molecule has 2 aliphatic rings. The Bertz CT molecular complexity index is 795. The van der Waals surface area contributed by atoms with Crippen molar-refractivity contribution in [3.63, 3.8) is 0 Å². The topological polar surface area (TPSA) is 73.3 Å². The Kier molecular flexibility index (Phi) is 8.26. The minimum Gasteiger partial charge on any atom is -0.464 e. The molecule has 7 nitrogen and oxygen atoms in total. The molecule has 0 aliphatic carbocycles. The summed E-state index contributed by atoms with van der Waals surface area (Å²) in [4.78, 5) is 32.1. The largest absolute Gasteiger partial charge is 0.464 e. The van der Waals surface area contributed by atoms with Crippen molar-refractivity contribution in [3.8, 4) is 0 Å². The molecular formula is C21H27N3O4S2. The molecule has 2 saturated heterocycles. The Balaban J connectivity index is 1.74. The quantitative estimate of drug-likeness (QED) is 0.363. The monoisotopic (exact) mass is 449 g/mol. The van der Waals surface area contributed by atoms with Crippen LogP contribution in [0.1, 0.15) is 12.5 Å². The summed E-state index contributed by atoms with van der Waals surface area (Å²) >= 11 is 6.70. The summed E-state index contributed by atoms with van der Waals surface area (Å²) in [6.45, 7) is 6.01. The van der Waals surface area contributed by atoms with E-state index < -0.39 is 12.0 Å². The van der Waals surface area contributed by atoms with E-state index in [2.05, 4.69) is 9.80 Å². The molecule has 0 aromatic heterocycles. The number of amides is 1. The zero-order valence-electron chi connectivity index (χ0n) is 17.0. The lowest BCUT2D eigenvalue weighted by molar-refractivity contribution is -0.150. The lowest BCUT2D eigenvalue weighted by Crippen LogP contribution is -2.46. The van der Waals surface area contributed by atoms with Crippen LogP contribution in [0.25, 0.3) is 0 Å². The van der Waals surface area contributed by atoms with Crippen LogP contribution in [0, 0.1) is 0 Å². The van der Waals surface area contributed by atoms with Crippen molar-refractivity contribution in [2.75, 3.05) is 45.9 Å². The molecule has 1 unspecified atom stereocenters. The average Bonchev–Trinajstić information content (AvgIpc) is 3.02. The lowest BCUT2D eigenvalue weighted by atomic mass is 10.0. The predicted octanol–water partition coefficient (Wildman–Crippen LogP) is 1.47. The van der Waals surface area contributed by atoms with Crippen LogP contribution >= 0.6 is 24.0 Å². The maximum absolute atomic E-state index is 13.2. The number of ether oxygens (including phenoxy) is 1. The fourth-order valence-corrected chi connectivity index (χ4v) is 4.88. The molecule has 2 fully saturated rings. The van der Waals surface area contributed by atoms with E-state index in [4.69, 9.17) is 22.1 Å². The van der Waals surface area contributed by atoms with Gasteiger partial charge in [-0.3, -0.25) is 14.6 Å². The van der Waals surface area contributed by atoms with Crippen molar-refractivity contribution in [2.24, 2.45) is 0 Å². The number of aliphatic hydroxyl groups excluding tert-OH is 1. The van der Waals surface area contributed by atoms with Crippen LogP contribution in [0.3, 0.4) is 0 Å². The molecule has 1 N–H and O–H groups in total. The Hall–Kier alpha value is -1.94. The molecular weight excluding hydrogens is 422 g/mol. The number of piperazine rings is 1. The van der Waals surface area contributed by atoms with Gasteiger partial charge in [-0.05, 0) is 12.5 Å².